The van der Waals surface area contributed by atoms with E-state index >= 15 is 0 Å². The Morgan fingerprint density at radius 3 is 2.69 bits per heavy atom. The molecule has 0 aromatic carbocycles. The van der Waals surface area contributed by atoms with Crippen LogP contribution in [0.2, 0.25) is 0 Å². The van der Waals surface area contributed by atoms with Gasteiger partial charge in [-0.1, -0.05) is 6.92 Å². The molecule has 1 rings (SSSR count). The predicted octanol–water partition coefficient (Wildman–Crippen LogP) is 2.40. The van der Waals surface area contributed by atoms with Gasteiger partial charge in [0.25, 0.3) is 0 Å². The van der Waals surface area contributed by atoms with Crippen LogP contribution in [0.5, 0.6) is 0 Å². The van der Waals surface area contributed by atoms with Crippen LogP contribution < -0.4 is 5.32 Å². The Balaban J connectivity index is 2.33. The third-order valence-electron chi connectivity index (χ3n) is 3.26. The van der Waals surface area contributed by atoms with Crippen molar-refractivity contribution in [1.29, 1.82) is 0 Å². The molecule has 96 valence electrons. The Labute approximate surface area is 95.2 Å². The highest BCUT2D eigenvalue weighted by molar-refractivity contribution is 4.81. The van der Waals surface area contributed by atoms with Gasteiger partial charge >= 0.3 is 6.18 Å². The third kappa shape index (κ3) is 4.70. The van der Waals surface area contributed by atoms with Gasteiger partial charge in [0.1, 0.15) is 0 Å². The van der Waals surface area contributed by atoms with E-state index in [1.807, 2.05) is 0 Å². The Kier molecular flexibility index (Phi) is 5.05. The summed E-state index contributed by atoms with van der Waals surface area (Å²) < 4.78 is 36.2. The summed E-state index contributed by atoms with van der Waals surface area (Å²) in [6.45, 7) is 5.12. The average Bonchev–Trinajstić information content (AvgIpc) is 2.25. The SMILES string of the molecule is CCC(C)N1CCCC(NCC(F)(F)F)C1. The summed E-state index contributed by atoms with van der Waals surface area (Å²) in [5.41, 5.74) is 0. The van der Waals surface area contributed by atoms with Crippen LogP contribution in [0.15, 0.2) is 0 Å². The van der Waals surface area contributed by atoms with Crippen LogP contribution in [0.4, 0.5) is 13.2 Å². The van der Waals surface area contributed by atoms with E-state index in [9.17, 15) is 13.2 Å². The van der Waals surface area contributed by atoms with Crippen LogP contribution in [0.25, 0.3) is 0 Å². The number of rotatable bonds is 4. The monoisotopic (exact) mass is 238 g/mol. The summed E-state index contributed by atoms with van der Waals surface area (Å²) in [6.07, 6.45) is -1.21. The summed E-state index contributed by atoms with van der Waals surface area (Å²) in [5.74, 6) is 0. The van der Waals surface area contributed by atoms with Gasteiger partial charge in [-0.25, -0.2) is 0 Å². The first-order chi connectivity index (χ1) is 7.42. The zero-order valence-corrected chi connectivity index (χ0v) is 9.98. The summed E-state index contributed by atoms with van der Waals surface area (Å²) in [5, 5.41) is 2.60. The smallest absolute Gasteiger partial charge is 0.305 e. The molecule has 0 aliphatic carbocycles. The molecule has 1 N–H and O–H groups in total. The number of piperidine rings is 1. The summed E-state index contributed by atoms with van der Waals surface area (Å²) in [6, 6.07) is 0.458. The van der Waals surface area contributed by atoms with Crippen molar-refractivity contribution < 1.29 is 13.2 Å². The molecular weight excluding hydrogens is 217 g/mol. The fraction of sp³-hybridized carbons (Fsp3) is 1.00. The van der Waals surface area contributed by atoms with Crippen molar-refractivity contribution in [2.24, 2.45) is 0 Å². The van der Waals surface area contributed by atoms with Crippen molar-refractivity contribution in [3.63, 3.8) is 0 Å². The molecule has 0 amide bonds. The van der Waals surface area contributed by atoms with E-state index in [0.717, 1.165) is 32.4 Å². The first kappa shape index (κ1) is 13.8. The maximum atomic E-state index is 12.1. The minimum absolute atomic E-state index is 0.00984. The van der Waals surface area contributed by atoms with Crippen molar-refractivity contribution in [3.05, 3.63) is 0 Å². The highest BCUT2D eigenvalue weighted by Gasteiger charge is 2.30. The number of hydrogen-bond donors (Lipinski definition) is 1. The molecule has 1 fully saturated rings. The summed E-state index contributed by atoms with van der Waals surface area (Å²) in [7, 11) is 0. The van der Waals surface area contributed by atoms with Crippen molar-refractivity contribution in [2.45, 2.75) is 51.4 Å². The van der Waals surface area contributed by atoms with Gasteiger partial charge in [0.15, 0.2) is 0 Å². The lowest BCUT2D eigenvalue weighted by atomic mass is 10.0. The number of nitrogens with one attached hydrogen (secondary N) is 1. The fourth-order valence-electron chi connectivity index (χ4n) is 2.09. The van der Waals surface area contributed by atoms with E-state index in [0.29, 0.717) is 6.04 Å². The molecule has 0 radical (unpaired) electrons. The van der Waals surface area contributed by atoms with Gasteiger partial charge < -0.3 is 5.32 Å². The van der Waals surface area contributed by atoms with Crippen LogP contribution in [-0.2, 0) is 0 Å². The molecule has 2 nitrogen and oxygen atoms in total. The van der Waals surface area contributed by atoms with E-state index in [1.54, 1.807) is 0 Å². The van der Waals surface area contributed by atoms with Crippen LogP contribution in [0, 0.1) is 0 Å². The number of hydrogen-bond acceptors (Lipinski definition) is 2. The van der Waals surface area contributed by atoms with E-state index < -0.39 is 12.7 Å². The molecule has 0 aromatic rings. The number of halogens is 3. The normalized spacial score (nSPS) is 25.7. The van der Waals surface area contributed by atoms with Crippen LogP contribution in [0.1, 0.15) is 33.1 Å². The first-order valence-corrected chi connectivity index (χ1v) is 5.96. The zero-order chi connectivity index (χ0) is 12.2. The second-order valence-electron chi connectivity index (χ2n) is 4.59. The molecule has 0 aromatic heterocycles. The van der Waals surface area contributed by atoms with Gasteiger partial charge in [-0.05, 0) is 32.7 Å². The van der Waals surface area contributed by atoms with E-state index in [2.05, 4.69) is 24.1 Å². The Morgan fingerprint density at radius 1 is 1.44 bits per heavy atom. The Bertz CT molecular complexity index is 206. The first-order valence-electron chi connectivity index (χ1n) is 5.96. The molecule has 0 spiro atoms. The predicted molar refractivity (Wildman–Crippen MR) is 58.4 cm³/mol. The molecule has 1 saturated heterocycles. The number of nitrogens with zero attached hydrogens (tertiary/aromatic N) is 1. The Hall–Kier alpha value is -0.290. The number of alkyl halides is 3. The molecule has 1 aliphatic rings. The van der Waals surface area contributed by atoms with E-state index in [-0.39, 0.29) is 6.04 Å². The van der Waals surface area contributed by atoms with Gasteiger partial charge in [0.05, 0.1) is 6.54 Å². The summed E-state index contributed by atoms with van der Waals surface area (Å²) >= 11 is 0. The van der Waals surface area contributed by atoms with Crippen molar-refractivity contribution in [2.75, 3.05) is 19.6 Å². The fourth-order valence-corrected chi connectivity index (χ4v) is 2.09. The third-order valence-corrected chi connectivity index (χ3v) is 3.26. The maximum Gasteiger partial charge on any atom is 0.401 e. The van der Waals surface area contributed by atoms with E-state index in [1.165, 1.54) is 0 Å². The summed E-state index contributed by atoms with van der Waals surface area (Å²) in [4.78, 5) is 2.28. The molecule has 5 heteroatoms. The quantitative estimate of drug-likeness (QED) is 0.809. The van der Waals surface area contributed by atoms with Crippen molar-refractivity contribution in [1.82, 2.24) is 10.2 Å². The topological polar surface area (TPSA) is 15.3 Å². The molecule has 2 unspecified atom stereocenters. The lowest BCUT2D eigenvalue weighted by Gasteiger charge is -2.37. The average molecular weight is 238 g/mol. The van der Waals surface area contributed by atoms with Crippen LogP contribution >= 0.6 is 0 Å². The van der Waals surface area contributed by atoms with Gasteiger partial charge in [-0.3, -0.25) is 4.90 Å². The van der Waals surface area contributed by atoms with Gasteiger partial charge in [-0.2, -0.15) is 13.2 Å². The Morgan fingerprint density at radius 2 is 2.12 bits per heavy atom. The highest BCUT2D eigenvalue weighted by atomic mass is 19.4. The lowest BCUT2D eigenvalue weighted by molar-refractivity contribution is -0.127. The highest BCUT2D eigenvalue weighted by Crippen LogP contribution is 2.17. The molecule has 1 aliphatic heterocycles. The van der Waals surface area contributed by atoms with Crippen LogP contribution in [0.3, 0.4) is 0 Å². The van der Waals surface area contributed by atoms with Gasteiger partial charge in [-0.15, -0.1) is 0 Å². The maximum absolute atomic E-state index is 12.1. The van der Waals surface area contributed by atoms with E-state index in [4.69, 9.17) is 0 Å². The largest absolute Gasteiger partial charge is 0.401 e. The molecule has 0 saturated carbocycles. The molecular formula is C11H21F3N2. The standard InChI is InChI=1S/C11H21F3N2/c1-3-9(2)16-6-4-5-10(7-16)15-8-11(12,13)14/h9-10,15H,3-8H2,1-2H3. The molecule has 16 heavy (non-hydrogen) atoms. The number of likely N-dealkylation sites (tertiary alicyclic amines) is 1. The lowest BCUT2D eigenvalue weighted by Crippen LogP contribution is -2.50. The minimum atomic E-state index is -4.10. The molecule has 1 heterocycles. The van der Waals surface area contributed by atoms with Gasteiger partial charge in [0.2, 0.25) is 0 Å². The second-order valence-corrected chi connectivity index (χ2v) is 4.59. The minimum Gasteiger partial charge on any atom is -0.305 e. The van der Waals surface area contributed by atoms with Gasteiger partial charge in [0, 0.05) is 18.6 Å². The van der Waals surface area contributed by atoms with Crippen molar-refractivity contribution >= 4 is 0 Å². The second kappa shape index (κ2) is 5.87. The zero-order valence-electron chi connectivity index (χ0n) is 9.98. The molecule has 2 atom stereocenters. The molecule has 0 bridgehead atoms. The van der Waals surface area contributed by atoms with Crippen molar-refractivity contribution in [3.8, 4) is 0 Å². The van der Waals surface area contributed by atoms with Crippen LogP contribution in [-0.4, -0.2) is 42.8 Å².